The van der Waals surface area contributed by atoms with Gasteiger partial charge in [0.2, 0.25) is 0 Å². The molecule has 1 aliphatic rings. The van der Waals surface area contributed by atoms with Crippen molar-refractivity contribution in [3.8, 4) is 0 Å². The molecule has 1 fully saturated rings. The van der Waals surface area contributed by atoms with Gasteiger partial charge in [-0.05, 0) is 58.2 Å². The summed E-state index contributed by atoms with van der Waals surface area (Å²) in [6, 6.07) is 0. The van der Waals surface area contributed by atoms with Gasteiger partial charge < -0.3 is 14.4 Å². The number of Topliss-reactive ketones (excluding diaryl/α,β-unsaturated/α-hetero) is 1. The van der Waals surface area contributed by atoms with E-state index in [1.54, 1.807) is 14.0 Å². The summed E-state index contributed by atoms with van der Waals surface area (Å²) in [5, 5.41) is 0. The van der Waals surface area contributed by atoms with Gasteiger partial charge in [0.05, 0.1) is 0 Å². The molecule has 1 aliphatic heterocycles. The minimum Gasteiger partial charge on any atom is -0.384 e. The van der Waals surface area contributed by atoms with Crippen molar-refractivity contribution in [1.29, 1.82) is 0 Å². The van der Waals surface area contributed by atoms with Crippen LogP contribution in [0.5, 0.6) is 0 Å². The Bertz CT molecular complexity index is 198. The average Bonchev–Trinajstić information content (AvgIpc) is 2.27. The number of ether oxygens (including phenoxy) is 1. The third-order valence-electron chi connectivity index (χ3n) is 3.36. The summed E-state index contributed by atoms with van der Waals surface area (Å²) in [7, 11) is 1.79. The lowest BCUT2D eigenvalue weighted by molar-refractivity contribution is -0.117. The predicted octanol–water partition coefficient (Wildman–Crippen LogP) is 2.10. The van der Waals surface area contributed by atoms with Crippen LogP contribution in [-0.2, 0) is 9.53 Å². The maximum Gasteiger partial charge on any atom is 0.129 e. The summed E-state index contributed by atoms with van der Waals surface area (Å²) in [5.41, 5.74) is 0. The maximum atomic E-state index is 10.8. The number of hydrogen-bond acceptors (Lipinski definition) is 3. The number of ketones is 1. The molecular weight excluding hydrogens is 202 g/mol. The van der Waals surface area contributed by atoms with Gasteiger partial charge in [0.15, 0.2) is 0 Å². The highest BCUT2D eigenvalue weighted by Gasteiger charge is 2.18. The molecule has 0 bridgehead atoms. The van der Waals surface area contributed by atoms with Crippen LogP contribution in [0.25, 0.3) is 0 Å². The minimum absolute atomic E-state index is 0.318. The Morgan fingerprint density at radius 1 is 1.31 bits per heavy atom. The molecule has 0 aliphatic carbocycles. The van der Waals surface area contributed by atoms with E-state index < -0.39 is 0 Å². The average molecular weight is 227 g/mol. The first-order valence-corrected chi connectivity index (χ1v) is 6.43. The smallest absolute Gasteiger partial charge is 0.129 e. The minimum atomic E-state index is 0.318. The highest BCUT2D eigenvalue weighted by atomic mass is 16.5. The Hall–Kier alpha value is -0.410. The molecule has 3 nitrogen and oxygen atoms in total. The van der Waals surface area contributed by atoms with Crippen LogP contribution in [0.2, 0.25) is 0 Å². The number of rotatable bonds is 7. The number of carbonyl (C=O) groups is 1. The maximum absolute atomic E-state index is 10.8. The van der Waals surface area contributed by atoms with Crippen LogP contribution < -0.4 is 0 Å². The van der Waals surface area contributed by atoms with E-state index in [0.717, 1.165) is 38.3 Å². The molecule has 0 aromatic heterocycles. The van der Waals surface area contributed by atoms with Gasteiger partial charge in [0.25, 0.3) is 0 Å². The lowest BCUT2D eigenvalue weighted by Gasteiger charge is -2.31. The van der Waals surface area contributed by atoms with E-state index in [2.05, 4.69) is 4.90 Å². The SMILES string of the molecule is COCC1CCN(CCCCC(C)=O)CC1. The first-order valence-electron chi connectivity index (χ1n) is 6.43. The Morgan fingerprint density at radius 3 is 2.56 bits per heavy atom. The predicted molar refractivity (Wildman–Crippen MR) is 65.6 cm³/mol. The van der Waals surface area contributed by atoms with Crippen molar-refractivity contribution in [3.63, 3.8) is 0 Å². The van der Waals surface area contributed by atoms with Crippen LogP contribution in [0.4, 0.5) is 0 Å². The Kier molecular flexibility index (Phi) is 6.65. The quantitative estimate of drug-likeness (QED) is 0.624. The summed E-state index contributed by atoms with van der Waals surface area (Å²) in [6.45, 7) is 6.16. The van der Waals surface area contributed by atoms with Crippen molar-refractivity contribution in [2.75, 3.05) is 33.4 Å². The van der Waals surface area contributed by atoms with Gasteiger partial charge in [0.1, 0.15) is 5.78 Å². The molecule has 0 spiro atoms. The number of unbranched alkanes of at least 4 members (excludes halogenated alkanes) is 1. The third-order valence-corrected chi connectivity index (χ3v) is 3.36. The van der Waals surface area contributed by atoms with Crippen molar-refractivity contribution < 1.29 is 9.53 Å². The van der Waals surface area contributed by atoms with Crippen LogP contribution in [0.15, 0.2) is 0 Å². The van der Waals surface area contributed by atoms with E-state index in [0.29, 0.717) is 5.78 Å². The van der Waals surface area contributed by atoms with Gasteiger partial charge in [-0.25, -0.2) is 0 Å². The van der Waals surface area contributed by atoms with E-state index in [-0.39, 0.29) is 0 Å². The number of carbonyl (C=O) groups excluding carboxylic acids is 1. The van der Waals surface area contributed by atoms with Crippen LogP contribution in [-0.4, -0.2) is 44.0 Å². The summed E-state index contributed by atoms with van der Waals surface area (Å²) >= 11 is 0. The molecule has 3 heteroatoms. The van der Waals surface area contributed by atoms with Gasteiger partial charge in [-0.1, -0.05) is 0 Å². The summed E-state index contributed by atoms with van der Waals surface area (Å²) in [5.74, 6) is 1.08. The highest BCUT2D eigenvalue weighted by Crippen LogP contribution is 2.17. The van der Waals surface area contributed by atoms with E-state index in [1.807, 2.05) is 0 Å². The van der Waals surface area contributed by atoms with Crippen LogP contribution in [0.1, 0.15) is 39.0 Å². The van der Waals surface area contributed by atoms with Gasteiger partial charge in [-0.15, -0.1) is 0 Å². The number of piperidine rings is 1. The molecule has 16 heavy (non-hydrogen) atoms. The Labute approximate surface area is 99.1 Å². The Balaban J connectivity index is 2.01. The molecule has 0 atom stereocenters. The second-order valence-electron chi connectivity index (χ2n) is 4.90. The zero-order valence-electron chi connectivity index (χ0n) is 10.7. The second-order valence-corrected chi connectivity index (χ2v) is 4.90. The molecule has 0 aromatic carbocycles. The fraction of sp³-hybridized carbons (Fsp3) is 0.923. The zero-order valence-corrected chi connectivity index (χ0v) is 10.7. The Morgan fingerprint density at radius 2 is 2.00 bits per heavy atom. The van der Waals surface area contributed by atoms with E-state index in [9.17, 15) is 4.79 Å². The summed E-state index contributed by atoms with van der Waals surface area (Å²) in [6.07, 6.45) is 5.49. The molecule has 0 amide bonds. The van der Waals surface area contributed by atoms with Crippen molar-refractivity contribution in [2.45, 2.75) is 39.0 Å². The van der Waals surface area contributed by atoms with E-state index in [4.69, 9.17) is 4.74 Å². The van der Waals surface area contributed by atoms with E-state index in [1.165, 1.54) is 25.9 Å². The van der Waals surface area contributed by atoms with Gasteiger partial charge >= 0.3 is 0 Å². The first-order chi connectivity index (χ1) is 7.72. The molecule has 1 saturated heterocycles. The second kappa shape index (κ2) is 7.80. The standard InChI is InChI=1S/C13H25NO2/c1-12(15)5-3-4-8-14-9-6-13(7-10-14)11-16-2/h13H,3-11H2,1-2H3. The molecule has 1 heterocycles. The molecule has 0 aromatic rings. The molecule has 0 unspecified atom stereocenters. The van der Waals surface area contributed by atoms with Gasteiger partial charge in [-0.3, -0.25) is 0 Å². The third kappa shape index (κ3) is 5.61. The van der Waals surface area contributed by atoms with Crippen LogP contribution in [0, 0.1) is 5.92 Å². The van der Waals surface area contributed by atoms with Crippen molar-refractivity contribution in [2.24, 2.45) is 5.92 Å². The first kappa shape index (κ1) is 13.7. The molecular formula is C13H25NO2. The molecule has 0 radical (unpaired) electrons. The topological polar surface area (TPSA) is 29.5 Å². The van der Waals surface area contributed by atoms with Crippen molar-refractivity contribution >= 4 is 5.78 Å². The summed E-state index contributed by atoms with van der Waals surface area (Å²) < 4.78 is 5.19. The fourth-order valence-electron chi connectivity index (χ4n) is 2.32. The lowest BCUT2D eigenvalue weighted by atomic mass is 9.97. The number of nitrogens with zero attached hydrogens (tertiary/aromatic N) is 1. The number of likely N-dealkylation sites (tertiary alicyclic amines) is 1. The summed E-state index contributed by atoms with van der Waals surface area (Å²) in [4.78, 5) is 13.3. The largest absolute Gasteiger partial charge is 0.384 e. The number of hydrogen-bond donors (Lipinski definition) is 0. The highest BCUT2D eigenvalue weighted by molar-refractivity contribution is 5.75. The lowest BCUT2D eigenvalue weighted by Crippen LogP contribution is -2.35. The number of methoxy groups -OCH3 is 1. The normalized spacial score (nSPS) is 18.9. The zero-order chi connectivity index (χ0) is 11.8. The van der Waals surface area contributed by atoms with Crippen LogP contribution in [0.3, 0.4) is 0 Å². The van der Waals surface area contributed by atoms with Gasteiger partial charge in [-0.2, -0.15) is 0 Å². The van der Waals surface area contributed by atoms with Crippen molar-refractivity contribution in [1.82, 2.24) is 4.90 Å². The van der Waals surface area contributed by atoms with Gasteiger partial charge in [0, 0.05) is 20.1 Å². The van der Waals surface area contributed by atoms with E-state index >= 15 is 0 Å². The molecule has 0 saturated carbocycles. The van der Waals surface area contributed by atoms with Crippen LogP contribution >= 0.6 is 0 Å². The monoisotopic (exact) mass is 227 g/mol. The molecule has 94 valence electrons. The molecule has 0 N–H and O–H groups in total. The van der Waals surface area contributed by atoms with Crippen molar-refractivity contribution in [3.05, 3.63) is 0 Å². The fourth-order valence-corrected chi connectivity index (χ4v) is 2.32. The molecule has 1 rings (SSSR count).